The van der Waals surface area contributed by atoms with Gasteiger partial charge in [0.15, 0.2) is 11.6 Å². The van der Waals surface area contributed by atoms with Crippen LogP contribution in [0.25, 0.3) is 0 Å². The molecule has 0 bridgehead atoms. The minimum atomic E-state index is -0.732. The molecule has 0 amide bonds. The van der Waals surface area contributed by atoms with E-state index in [9.17, 15) is 13.9 Å². The SMILES string of the molecule is C[C@@H](O)c1ccc(OCc2ccc(F)cc2Br)c(F)c1. The van der Waals surface area contributed by atoms with E-state index in [1.165, 1.54) is 24.3 Å². The van der Waals surface area contributed by atoms with E-state index < -0.39 is 11.9 Å². The van der Waals surface area contributed by atoms with Crippen molar-refractivity contribution in [2.45, 2.75) is 19.6 Å². The summed E-state index contributed by atoms with van der Waals surface area (Å²) in [7, 11) is 0. The minimum absolute atomic E-state index is 0.0885. The summed E-state index contributed by atoms with van der Waals surface area (Å²) < 4.78 is 32.6. The monoisotopic (exact) mass is 342 g/mol. The van der Waals surface area contributed by atoms with E-state index in [-0.39, 0.29) is 18.2 Å². The maximum atomic E-state index is 13.8. The Labute approximate surface area is 124 Å². The maximum absolute atomic E-state index is 13.8. The zero-order valence-electron chi connectivity index (χ0n) is 10.7. The van der Waals surface area contributed by atoms with Crippen LogP contribution in [0.4, 0.5) is 8.78 Å². The summed E-state index contributed by atoms with van der Waals surface area (Å²) in [5, 5.41) is 9.36. The van der Waals surface area contributed by atoms with Crippen LogP contribution in [0.1, 0.15) is 24.2 Å². The van der Waals surface area contributed by atoms with E-state index in [2.05, 4.69) is 15.9 Å². The van der Waals surface area contributed by atoms with Gasteiger partial charge in [-0.1, -0.05) is 28.1 Å². The summed E-state index contributed by atoms with van der Waals surface area (Å²) in [6.45, 7) is 1.68. The van der Waals surface area contributed by atoms with Gasteiger partial charge in [0, 0.05) is 10.0 Å². The van der Waals surface area contributed by atoms with Gasteiger partial charge in [-0.2, -0.15) is 0 Å². The fourth-order valence-corrected chi connectivity index (χ4v) is 2.15. The van der Waals surface area contributed by atoms with Crippen LogP contribution in [0, 0.1) is 11.6 Å². The van der Waals surface area contributed by atoms with Crippen molar-refractivity contribution in [3.63, 3.8) is 0 Å². The predicted molar refractivity (Wildman–Crippen MR) is 75.5 cm³/mol. The Balaban J connectivity index is 2.11. The van der Waals surface area contributed by atoms with Crippen molar-refractivity contribution < 1.29 is 18.6 Å². The van der Waals surface area contributed by atoms with Crippen LogP contribution >= 0.6 is 15.9 Å². The summed E-state index contributed by atoms with van der Waals surface area (Å²) in [4.78, 5) is 0. The van der Waals surface area contributed by atoms with Gasteiger partial charge in [0.2, 0.25) is 0 Å². The second kappa shape index (κ2) is 6.33. The lowest BCUT2D eigenvalue weighted by Crippen LogP contribution is -2.00. The average molecular weight is 343 g/mol. The van der Waals surface area contributed by atoms with Gasteiger partial charge >= 0.3 is 0 Å². The third kappa shape index (κ3) is 3.55. The Morgan fingerprint density at radius 3 is 2.55 bits per heavy atom. The van der Waals surface area contributed by atoms with Crippen molar-refractivity contribution in [2.24, 2.45) is 0 Å². The third-order valence-electron chi connectivity index (χ3n) is 2.84. The lowest BCUT2D eigenvalue weighted by molar-refractivity contribution is 0.198. The van der Waals surface area contributed by atoms with E-state index in [0.717, 1.165) is 0 Å². The molecule has 0 saturated heterocycles. The number of aliphatic hydroxyl groups excluding tert-OH is 1. The standard InChI is InChI=1S/C15H13BrF2O2/c1-9(19)10-3-5-15(14(18)6-10)20-8-11-2-4-12(17)7-13(11)16/h2-7,9,19H,8H2,1H3/t9-/m1/s1. The number of halogens is 3. The van der Waals surface area contributed by atoms with E-state index in [0.29, 0.717) is 15.6 Å². The maximum Gasteiger partial charge on any atom is 0.165 e. The Morgan fingerprint density at radius 1 is 1.20 bits per heavy atom. The van der Waals surface area contributed by atoms with Crippen molar-refractivity contribution in [1.29, 1.82) is 0 Å². The summed E-state index contributed by atoms with van der Waals surface area (Å²) in [6.07, 6.45) is -0.732. The zero-order valence-corrected chi connectivity index (χ0v) is 12.3. The molecule has 1 N–H and O–H groups in total. The first-order valence-corrected chi connectivity index (χ1v) is 6.81. The molecule has 0 aliphatic rings. The molecule has 2 rings (SSSR count). The highest BCUT2D eigenvalue weighted by molar-refractivity contribution is 9.10. The average Bonchev–Trinajstić information content (AvgIpc) is 2.38. The van der Waals surface area contributed by atoms with Crippen LogP contribution in [0.15, 0.2) is 40.9 Å². The van der Waals surface area contributed by atoms with Crippen molar-refractivity contribution in [1.82, 2.24) is 0 Å². The first-order valence-electron chi connectivity index (χ1n) is 6.01. The Hall–Kier alpha value is -1.46. The highest BCUT2D eigenvalue weighted by atomic mass is 79.9. The first kappa shape index (κ1) is 14.9. The predicted octanol–water partition coefficient (Wildman–Crippen LogP) is 4.36. The van der Waals surface area contributed by atoms with E-state index in [4.69, 9.17) is 4.74 Å². The van der Waals surface area contributed by atoms with Crippen LogP contribution < -0.4 is 4.74 Å². The second-order valence-corrected chi connectivity index (χ2v) is 5.24. The topological polar surface area (TPSA) is 29.5 Å². The van der Waals surface area contributed by atoms with Gasteiger partial charge in [-0.3, -0.25) is 0 Å². The molecule has 0 heterocycles. The fraction of sp³-hybridized carbons (Fsp3) is 0.200. The highest BCUT2D eigenvalue weighted by Crippen LogP contribution is 2.24. The number of aliphatic hydroxyl groups is 1. The van der Waals surface area contributed by atoms with Gasteiger partial charge in [-0.25, -0.2) is 8.78 Å². The molecule has 0 saturated carbocycles. The normalized spacial score (nSPS) is 12.2. The smallest absolute Gasteiger partial charge is 0.165 e. The van der Waals surface area contributed by atoms with Gasteiger partial charge < -0.3 is 9.84 Å². The van der Waals surface area contributed by atoms with Crippen LogP contribution in [0.3, 0.4) is 0 Å². The third-order valence-corrected chi connectivity index (χ3v) is 3.57. The first-order chi connectivity index (χ1) is 9.47. The lowest BCUT2D eigenvalue weighted by atomic mass is 10.1. The number of rotatable bonds is 4. The van der Waals surface area contributed by atoms with Crippen LogP contribution in [0.2, 0.25) is 0 Å². The second-order valence-electron chi connectivity index (χ2n) is 4.39. The summed E-state index contributed by atoms with van der Waals surface area (Å²) >= 11 is 3.22. The minimum Gasteiger partial charge on any atom is -0.486 e. The number of benzene rings is 2. The molecular formula is C15H13BrF2O2. The number of ether oxygens (including phenoxy) is 1. The molecule has 0 fully saturated rings. The Morgan fingerprint density at radius 2 is 1.95 bits per heavy atom. The Bertz CT molecular complexity index is 615. The molecule has 2 aromatic rings. The molecular weight excluding hydrogens is 330 g/mol. The molecule has 1 atom stereocenters. The molecule has 2 aromatic carbocycles. The highest BCUT2D eigenvalue weighted by Gasteiger charge is 2.09. The van der Waals surface area contributed by atoms with Crippen molar-refractivity contribution in [2.75, 3.05) is 0 Å². The molecule has 106 valence electrons. The number of hydrogen-bond acceptors (Lipinski definition) is 2. The van der Waals surface area contributed by atoms with Crippen molar-refractivity contribution in [3.05, 3.63) is 63.6 Å². The Kier molecular flexibility index (Phi) is 4.73. The molecule has 0 aliphatic heterocycles. The molecule has 0 aromatic heterocycles. The largest absolute Gasteiger partial charge is 0.486 e. The molecule has 0 unspecified atom stereocenters. The molecule has 0 spiro atoms. The van der Waals surface area contributed by atoms with E-state index in [1.807, 2.05) is 0 Å². The molecule has 5 heteroatoms. The van der Waals surface area contributed by atoms with E-state index >= 15 is 0 Å². The summed E-state index contributed by atoms with van der Waals surface area (Å²) in [5.41, 5.74) is 1.20. The van der Waals surface area contributed by atoms with Crippen molar-refractivity contribution in [3.8, 4) is 5.75 Å². The van der Waals surface area contributed by atoms with Gasteiger partial charge in [-0.15, -0.1) is 0 Å². The van der Waals surface area contributed by atoms with Gasteiger partial charge in [-0.05, 0) is 36.8 Å². The van der Waals surface area contributed by atoms with Crippen LogP contribution in [-0.4, -0.2) is 5.11 Å². The molecule has 0 radical (unpaired) electrons. The molecule has 0 aliphatic carbocycles. The van der Waals surface area contributed by atoms with E-state index in [1.54, 1.807) is 19.1 Å². The zero-order chi connectivity index (χ0) is 14.7. The fourth-order valence-electron chi connectivity index (χ4n) is 1.69. The van der Waals surface area contributed by atoms with Crippen LogP contribution in [-0.2, 0) is 6.61 Å². The van der Waals surface area contributed by atoms with Crippen LogP contribution in [0.5, 0.6) is 5.75 Å². The lowest BCUT2D eigenvalue weighted by Gasteiger charge is -2.11. The summed E-state index contributed by atoms with van der Waals surface area (Å²) in [6, 6.07) is 8.51. The quantitative estimate of drug-likeness (QED) is 0.894. The van der Waals surface area contributed by atoms with Crippen molar-refractivity contribution >= 4 is 15.9 Å². The van der Waals surface area contributed by atoms with Gasteiger partial charge in [0.05, 0.1) is 6.10 Å². The number of hydrogen-bond donors (Lipinski definition) is 1. The van der Waals surface area contributed by atoms with Gasteiger partial charge in [0.1, 0.15) is 12.4 Å². The summed E-state index contributed by atoms with van der Waals surface area (Å²) in [5.74, 6) is -0.805. The molecule has 2 nitrogen and oxygen atoms in total. The molecule has 20 heavy (non-hydrogen) atoms. The van der Waals surface area contributed by atoms with Gasteiger partial charge in [0.25, 0.3) is 0 Å².